The first-order chi connectivity index (χ1) is 23.2. The number of ether oxygens (including phenoxy) is 2. The van der Waals surface area contributed by atoms with Crippen molar-refractivity contribution in [2.75, 3.05) is 52.5 Å². The third-order valence-electron chi connectivity index (χ3n) is 9.18. The summed E-state index contributed by atoms with van der Waals surface area (Å²) in [6.07, 6.45) is 12.0. The minimum Gasteiger partial charge on any atom is -0.492 e. The third-order valence-corrected chi connectivity index (χ3v) is 9.18. The van der Waals surface area contributed by atoms with E-state index < -0.39 is 0 Å². The van der Waals surface area contributed by atoms with E-state index in [1.807, 2.05) is 30.3 Å². The number of benzene rings is 1. The van der Waals surface area contributed by atoms with Crippen LogP contribution in [0.4, 0.5) is 4.39 Å². The number of halogens is 1. The van der Waals surface area contributed by atoms with Gasteiger partial charge >= 0.3 is 0 Å². The van der Waals surface area contributed by atoms with Crippen LogP contribution in [-0.2, 0) is 0 Å². The molecule has 8 rings (SSSR count). The number of rotatable bonds is 11. The SMILES string of the molecule is Fc1cc(OCCN2CCCC2)cc(-c2ccnc3[nH]c(-c4n[nH]c5cnc(-c6cncc(OCCN7CCCC7)c6)cc45)cc23)c1. The zero-order chi connectivity index (χ0) is 31.6. The molecule has 2 aliphatic rings. The van der Waals surface area contributed by atoms with E-state index in [1.54, 1.807) is 24.8 Å². The van der Waals surface area contributed by atoms with Crippen LogP contribution in [0.2, 0.25) is 0 Å². The minimum absolute atomic E-state index is 0.340. The van der Waals surface area contributed by atoms with Gasteiger partial charge in [0.1, 0.15) is 41.9 Å². The van der Waals surface area contributed by atoms with Gasteiger partial charge in [-0.3, -0.25) is 24.9 Å². The average Bonchev–Trinajstić information content (AvgIpc) is 3.91. The van der Waals surface area contributed by atoms with E-state index in [0.717, 1.165) is 95.1 Å². The normalized spacial score (nSPS) is 15.7. The summed E-state index contributed by atoms with van der Waals surface area (Å²) in [5.74, 6) is 0.907. The smallest absolute Gasteiger partial charge is 0.138 e. The summed E-state index contributed by atoms with van der Waals surface area (Å²) < 4.78 is 26.9. The molecule has 5 aromatic heterocycles. The van der Waals surface area contributed by atoms with Crippen LogP contribution in [0.15, 0.2) is 67.3 Å². The van der Waals surface area contributed by atoms with Crippen LogP contribution in [0, 0.1) is 5.82 Å². The standard InChI is InChI=1S/C36H37FN8O2/c37-26-15-24(16-27(18-26)46-13-11-44-7-1-2-8-44)29-5-6-39-36-30(29)19-33(41-36)35-31-20-32(40-23-34(31)42-43-35)25-17-28(22-38-21-25)47-14-12-45-9-3-4-10-45/h5-6,15-23H,1-4,7-14H2,(H,39,41)(H,42,43). The van der Waals surface area contributed by atoms with Crippen LogP contribution in [-0.4, -0.2) is 92.4 Å². The number of aromatic amines is 2. The molecule has 0 saturated carbocycles. The fraction of sp³-hybridized carbons (Fsp3) is 0.333. The average molecular weight is 633 g/mol. The van der Waals surface area contributed by atoms with Crippen LogP contribution in [0.25, 0.3) is 55.7 Å². The van der Waals surface area contributed by atoms with Crippen molar-refractivity contribution in [3.05, 3.63) is 73.1 Å². The van der Waals surface area contributed by atoms with Crippen molar-refractivity contribution >= 4 is 21.9 Å². The summed E-state index contributed by atoms with van der Waals surface area (Å²) in [6.45, 7) is 7.41. The lowest BCUT2D eigenvalue weighted by Crippen LogP contribution is -2.25. The predicted molar refractivity (Wildman–Crippen MR) is 180 cm³/mol. The molecule has 2 fully saturated rings. The fourth-order valence-corrected chi connectivity index (χ4v) is 6.72. The number of likely N-dealkylation sites (tertiary alicyclic amines) is 2. The number of nitrogens with zero attached hydrogens (tertiary/aromatic N) is 6. The molecule has 0 aliphatic carbocycles. The van der Waals surface area contributed by atoms with Crippen LogP contribution >= 0.6 is 0 Å². The number of aromatic nitrogens is 6. The van der Waals surface area contributed by atoms with E-state index in [4.69, 9.17) is 9.47 Å². The van der Waals surface area contributed by atoms with Gasteiger partial charge in [-0.2, -0.15) is 5.10 Å². The monoisotopic (exact) mass is 632 g/mol. The summed E-state index contributed by atoms with van der Waals surface area (Å²) in [5, 5.41) is 9.52. The van der Waals surface area contributed by atoms with Crippen LogP contribution in [0.3, 0.4) is 0 Å². The maximum atomic E-state index is 14.8. The summed E-state index contributed by atoms with van der Waals surface area (Å²) >= 11 is 0. The van der Waals surface area contributed by atoms with Gasteiger partial charge in [0.15, 0.2) is 0 Å². The molecule has 2 aliphatic heterocycles. The highest BCUT2D eigenvalue weighted by molar-refractivity contribution is 6.00. The zero-order valence-electron chi connectivity index (χ0n) is 26.2. The first kappa shape index (κ1) is 29.5. The van der Waals surface area contributed by atoms with Gasteiger partial charge in [-0.25, -0.2) is 9.37 Å². The van der Waals surface area contributed by atoms with Crippen molar-refractivity contribution < 1.29 is 13.9 Å². The Kier molecular flexibility index (Phi) is 8.22. The van der Waals surface area contributed by atoms with Gasteiger partial charge in [0.2, 0.25) is 0 Å². The third kappa shape index (κ3) is 6.41. The van der Waals surface area contributed by atoms with E-state index in [2.05, 4.69) is 39.9 Å². The summed E-state index contributed by atoms with van der Waals surface area (Å²) in [5.41, 5.74) is 6.24. The number of H-pyrrole nitrogens is 2. The second kappa shape index (κ2) is 13.1. The molecule has 0 spiro atoms. The molecule has 47 heavy (non-hydrogen) atoms. The van der Waals surface area contributed by atoms with E-state index >= 15 is 0 Å². The number of fused-ring (bicyclic) bond motifs is 2. The highest BCUT2D eigenvalue weighted by atomic mass is 19.1. The molecule has 0 atom stereocenters. The quantitative estimate of drug-likeness (QED) is 0.171. The van der Waals surface area contributed by atoms with E-state index in [1.165, 1.54) is 37.8 Å². The maximum absolute atomic E-state index is 14.8. The van der Waals surface area contributed by atoms with Crippen LogP contribution in [0.5, 0.6) is 11.5 Å². The molecular formula is C36H37FN8O2. The summed E-state index contributed by atoms with van der Waals surface area (Å²) in [6, 6.07) is 12.8. The molecule has 2 N–H and O–H groups in total. The van der Waals surface area contributed by atoms with Crippen LogP contribution < -0.4 is 9.47 Å². The molecule has 10 nitrogen and oxygen atoms in total. The molecule has 6 aromatic rings. The van der Waals surface area contributed by atoms with Crippen LogP contribution in [0.1, 0.15) is 25.7 Å². The predicted octanol–water partition coefficient (Wildman–Crippen LogP) is 6.32. The van der Waals surface area contributed by atoms with E-state index in [0.29, 0.717) is 24.6 Å². The zero-order valence-corrected chi connectivity index (χ0v) is 26.2. The summed E-state index contributed by atoms with van der Waals surface area (Å²) in [7, 11) is 0. The second-order valence-corrected chi connectivity index (χ2v) is 12.4. The summed E-state index contributed by atoms with van der Waals surface area (Å²) in [4.78, 5) is 21.9. The first-order valence-corrected chi connectivity index (χ1v) is 16.5. The maximum Gasteiger partial charge on any atom is 0.138 e. The lowest BCUT2D eigenvalue weighted by atomic mass is 10.0. The Bertz CT molecular complexity index is 2010. The second-order valence-electron chi connectivity index (χ2n) is 12.4. The van der Waals surface area contributed by atoms with Gasteiger partial charge in [-0.1, -0.05) is 0 Å². The lowest BCUT2D eigenvalue weighted by molar-refractivity contribution is 0.237. The van der Waals surface area contributed by atoms with Gasteiger partial charge in [0.25, 0.3) is 0 Å². The number of pyridine rings is 3. The molecule has 11 heteroatoms. The van der Waals surface area contributed by atoms with Gasteiger partial charge in [-0.05, 0) is 99.4 Å². The molecule has 7 heterocycles. The Morgan fingerprint density at radius 2 is 1.49 bits per heavy atom. The Hall–Kier alpha value is -4.87. The highest BCUT2D eigenvalue weighted by Gasteiger charge is 2.17. The minimum atomic E-state index is -0.340. The van der Waals surface area contributed by atoms with Crippen molar-refractivity contribution in [1.29, 1.82) is 0 Å². The Labute approximate surface area is 272 Å². The highest BCUT2D eigenvalue weighted by Crippen LogP contribution is 2.35. The lowest BCUT2D eigenvalue weighted by Gasteiger charge is -2.15. The van der Waals surface area contributed by atoms with Gasteiger partial charge in [0.05, 0.1) is 29.3 Å². The molecule has 0 bridgehead atoms. The van der Waals surface area contributed by atoms with E-state index in [-0.39, 0.29) is 5.82 Å². The topological polar surface area (TPSA) is 108 Å². The van der Waals surface area contributed by atoms with Gasteiger partial charge in [-0.15, -0.1) is 0 Å². The fourth-order valence-electron chi connectivity index (χ4n) is 6.72. The first-order valence-electron chi connectivity index (χ1n) is 16.5. The molecule has 0 radical (unpaired) electrons. The molecule has 1 aromatic carbocycles. The number of hydrogen-bond donors (Lipinski definition) is 2. The molecule has 240 valence electrons. The Morgan fingerprint density at radius 1 is 0.745 bits per heavy atom. The van der Waals surface area contributed by atoms with E-state index in [9.17, 15) is 4.39 Å². The Balaban J connectivity index is 1.05. The van der Waals surface area contributed by atoms with Crippen molar-refractivity contribution in [3.63, 3.8) is 0 Å². The molecular weight excluding hydrogens is 595 g/mol. The van der Waals surface area contributed by atoms with Gasteiger partial charge < -0.3 is 14.5 Å². The molecule has 2 saturated heterocycles. The number of hydrogen-bond acceptors (Lipinski definition) is 8. The Morgan fingerprint density at radius 3 is 2.28 bits per heavy atom. The van der Waals surface area contributed by atoms with Crippen molar-refractivity contribution in [3.8, 4) is 45.3 Å². The molecule has 0 unspecified atom stereocenters. The molecule has 0 amide bonds. The van der Waals surface area contributed by atoms with Gasteiger partial charge in [0, 0.05) is 47.9 Å². The van der Waals surface area contributed by atoms with Crippen molar-refractivity contribution in [1.82, 2.24) is 39.9 Å². The number of nitrogens with one attached hydrogen (secondary N) is 2. The van der Waals surface area contributed by atoms with Crippen molar-refractivity contribution in [2.24, 2.45) is 0 Å². The largest absolute Gasteiger partial charge is 0.492 e. The van der Waals surface area contributed by atoms with Crippen molar-refractivity contribution in [2.45, 2.75) is 25.7 Å².